The maximum absolute atomic E-state index is 12.7. The first-order valence-electron chi connectivity index (χ1n) is 10.1. The van der Waals surface area contributed by atoms with Crippen LogP contribution >= 0.6 is 0 Å². The van der Waals surface area contributed by atoms with Crippen molar-refractivity contribution in [2.75, 3.05) is 45.8 Å². The van der Waals surface area contributed by atoms with Crippen LogP contribution < -0.4 is 19.7 Å². The topological polar surface area (TPSA) is 71.1 Å². The number of likely N-dealkylation sites (tertiary alicyclic amines) is 1. The molecular weight excluding hydrogens is 382 g/mol. The van der Waals surface area contributed by atoms with E-state index in [2.05, 4.69) is 5.32 Å². The van der Waals surface area contributed by atoms with Gasteiger partial charge in [-0.3, -0.25) is 9.59 Å². The summed E-state index contributed by atoms with van der Waals surface area (Å²) in [5.74, 6) is 0.987. The Bertz CT molecular complexity index is 859. The minimum atomic E-state index is -0.176. The molecule has 0 atom stereocenters. The van der Waals surface area contributed by atoms with Crippen LogP contribution in [0.5, 0.6) is 11.5 Å². The summed E-state index contributed by atoms with van der Waals surface area (Å²) in [5, 5.41) is 3.00. The molecule has 0 aliphatic carbocycles. The number of methoxy groups -OCH3 is 1. The fourth-order valence-corrected chi connectivity index (χ4v) is 3.46. The van der Waals surface area contributed by atoms with E-state index in [0.29, 0.717) is 30.2 Å². The predicted octanol–water partition coefficient (Wildman–Crippen LogP) is 2.56. The van der Waals surface area contributed by atoms with Gasteiger partial charge < -0.3 is 24.6 Å². The van der Waals surface area contributed by atoms with Crippen molar-refractivity contribution in [3.05, 3.63) is 54.1 Å². The number of carbonyl (C=O) groups excluding carboxylic acids is 2. The van der Waals surface area contributed by atoms with Gasteiger partial charge in [0.1, 0.15) is 0 Å². The van der Waals surface area contributed by atoms with Gasteiger partial charge in [-0.1, -0.05) is 12.1 Å². The lowest BCUT2D eigenvalue weighted by atomic mass is 10.0. The molecule has 1 N–H and O–H groups in total. The predicted molar refractivity (Wildman–Crippen MR) is 116 cm³/mol. The number of benzene rings is 2. The van der Waals surface area contributed by atoms with Crippen LogP contribution in [0.2, 0.25) is 0 Å². The lowest BCUT2D eigenvalue weighted by molar-refractivity contribution is -0.124. The van der Waals surface area contributed by atoms with E-state index in [4.69, 9.17) is 9.47 Å². The molecule has 0 aromatic heterocycles. The first-order valence-corrected chi connectivity index (χ1v) is 10.1. The van der Waals surface area contributed by atoms with E-state index in [1.807, 2.05) is 60.3 Å². The van der Waals surface area contributed by atoms with E-state index >= 15 is 0 Å². The number of rotatable bonds is 7. The van der Waals surface area contributed by atoms with E-state index in [1.54, 1.807) is 19.2 Å². The number of piperidine rings is 1. The van der Waals surface area contributed by atoms with Gasteiger partial charge in [0.2, 0.25) is 0 Å². The Balaban J connectivity index is 1.44. The van der Waals surface area contributed by atoms with Crippen LogP contribution in [0.4, 0.5) is 5.69 Å². The van der Waals surface area contributed by atoms with E-state index in [0.717, 1.165) is 18.5 Å². The van der Waals surface area contributed by atoms with Gasteiger partial charge in [-0.25, -0.2) is 0 Å². The average molecular weight is 412 g/mol. The van der Waals surface area contributed by atoms with Gasteiger partial charge in [-0.2, -0.15) is 0 Å². The number of carbonyl (C=O) groups is 2. The van der Waals surface area contributed by atoms with Crippen molar-refractivity contribution >= 4 is 17.5 Å². The second-order valence-electron chi connectivity index (χ2n) is 7.51. The summed E-state index contributed by atoms with van der Waals surface area (Å²) >= 11 is 0. The average Bonchev–Trinajstić information content (AvgIpc) is 2.78. The Labute approximate surface area is 177 Å². The summed E-state index contributed by atoms with van der Waals surface area (Å²) in [6.45, 7) is 1.16. The summed E-state index contributed by atoms with van der Waals surface area (Å²) in [4.78, 5) is 28.8. The molecule has 0 bridgehead atoms. The van der Waals surface area contributed by atoms with E-state index in [1.165, 1.54) is 0 Å². The van der Waals surface area contributed by atoms with E-state index < -0.39 is 0 Å². The third-order valence-corrected chi connectivity index (χ3v) is 5.21. The van der Waals surface area contributed by atoms with Gasteiger partial charge in [-0.15, -0.1) is 0 Å². The second kappa shape index (κ2) is 10.0. The summed E-state index contributed by atoms with van der Waals surface area (Å²) < 4.78 is 10.8. The molecule has 3 rings (SSSR count). The van der Waals surface area contributed by atoms with E-state index in [-0.39, 0.29) is 24.5 Å². The van der Waals surface area contributed by atoms with Gasteiger partial charge >= 0.3 is 0 Å². The normalized spacial score (nSPS) is 14.2. The summed E-state index contributed by atoms with van der Waals surface area (Å²) in [5.41, 5.74) is 1.75. The number of anilines is 1. The van der Waals surface area contributed by atoms with Gasteiger partial charge in [0.05, 0.1) is 7.11 Å². The molecule has 30 heavy (non-hydrogen) atoms. The molecule has 2 aromatic rings. The zero-order chi connectivity index (χ0) is 21.5. The number of hydrogen-bond acceptors (Lipinski definition) is 5. The highest BCUT2D eigenvalue weighted by Crippen LogP contribution is 2.25. The van der Waals surface area contributed by atoms with Crippen molar-refractivity contribution in [3.63, 3.8) is 0 Å². The van der Waals surface area contributed by atoms with Crippen molar-refractivity contribution in [2.45, 2.75) is 18.9 Å². The SMILES string of the molecule is COc1ccccc1OCC(=O)NC1CCN(C(=O)c2ccc(N(C)C)cc2)CC1. The molecule has 0 radical (unpaired) electrons. The Morgan fingerprint density at radius 2 is 1.67 bits per heavy atom. The molecule has 1 fully saturated rings. The van der Waals surface area contributed by atoms with Crippen LogP contribution in [0.15, 0.2) is 48.5 Å². The molecule has 1 aliphatic heterocycles. The Hall–Kier alpha value is -3.22. The molecule has 2 aromatic carbocycles. The van der Waals surface area contributed by atoms with E-state index in [9.17, 15) is 9.59 Å². The van der Waals surface area contributed by atoms with Crippen LogP contribution in [0.25, 0.3) is 0 Å². The minimum Gasteiger partial charge on any atom is -0.493 e. The van der Waals surface area contributed by atoms with Gasteiger partial charge in [0.15, 0.2) is 18.1 Å². The monoisotopic (exact) mass is 411 g/mol. The van der Waals surface area contributed by atoms with Gasteiger partial charge in [-0.05, 0) is 49.2 Å². The molecule has 2 amide bonds. The van der Waals surface area contributed by atoms with Crippen LogP contribution in [-0.4, -0.2) is 63.7 Å². The molecule has 0 unspecified atom stereocenters. The maximum atomic E-state index is 12.7. The number of amides is 2. The van der Waals surface area contributed by atoms with Crippen molar-refractivity contribution in [3.8, 4) is 11.5 Å². The summed E-state index contributed by atoms with van der Waals surface area (Å²) in [6, 6.07) is 14.9. The smallest absolute Gasteiger partial charge is 0.258 e. The fourth-order valence-electron chi connectivity index (χ4n) is 3.46. The summed E-state index contributed by atoms with van der Waals surface area (Å²) in [6.07, 6.45) is 1.45. The molecule has 7 heteroatoms. The Morgan fingerprint density at radius 1 is 1.03 bits per heavy atom. The third-order valence-electron chi connectivity index (χ3n) is 5.21. The number of nitrogens with one attached hydrogen (secondary N) is 1. The lowest BCUT2D eigenvalue weighted by Crippen LogP contribution is -2.47. The van der Waals surface area contributed by atoms with Crippen LogP contribution in [0.3, 0.4) is 0 Å². The highest BCUT2D eigenvalue weighted by Gasteiger charge is 2.24. The zero-order valence-electron chi connectivity index (χ0n) is 17.8. The Morgan fingerprint density at radius 3 is 2.27 bits per heavy atom. The van der Waals surface area contributed by atoms with Crippen molar-refractivity contribution in [1.82, 2.24) is 10.2 Å². The summed E-state index contributed by atoms with van der Waals surface area (Å²) in [7, 11) is 5.50. The molecule has 7 nitrogen and oxygen atoms in total. The van der Waals surface area contributed by atoms with Gasteiger partial charge in [0.25, 0.3) is 11.8 Å². The van der Waals surface area contributed by atoms with Gasteiger partial charge in [0, 0.05) is 44.5 Å². The molecule has 1 aliphatic rings. The zero-order valence-corrected chi connectivity index (χ0v) is 17.8. The Kier molecular flexibility index (Phi) is 7.17. The first-order chi connectivity index (χ1) is 14.5. The molecule has 0 spiro atoms. The van der Waals surface area contributed by atoms with Crippen LogP contribution in [0.1, 0.15) is 23.2 Å². The maximum Gasteiger partial charge on any atom is 0.258 e. The van der Waals surface area contributed by atoms with Crippen molar-refractivity contribution in [2.24, 2.45) is 0 Å². The molecule has 1 heterocycles. The fraction of sp³-hybridized carbons (Fsp3) is 0.391. The molecule has 0 saturated carbocycles. The molecule has 160 valence electrons. The largest absolute Gasteiger partial charge is 0.493 e. The lowest BCUT2D eigenvalue weighted by Gasteiger charge is -2.32. The molecular formula is C23H29N3O4. The number of ether oxygens (including phenoxy) is 2. The standard InChI is InChI=1S/C23H29N3O4/c1-25(2)19-10-8-17(9-11-19)23(28)26-14-12-18(13-15-26)24-22(27)16-30-21-7-5-4-6-20(21)29-3/h4-11,18H,12-16H2,1-3H3,(H,24,27). The highest BCUT2D eigenvalue weighted by molar-refractivity contribution is 5.94. The minimum absolute atomic E-state index is 0.0320. The second-order valence-corrected chi connectivity index (χ2v) is 7.51. The van der Waals surface area contributed by atoms with Crippen molar-refractivity contribution in [1.29, 1.82) is 0 Å². The van der Waals surface area contributed by atoms with Crippen LogP contribution in [0, 0.1) is 0 Å². The molecule has 1 saturated heterocycles. The van der Waals surface area contributed by atoms with Crippen LogP contribution in [-0.2, 0) is 4.79 Å². The third kappa shape index (κ3) is 5.43. The quantitative estimate of drug-likeness (QED) is 0.758. The number of para-hydroxylation sites is 2. The first kappa shape index (κ1) is 21.5. The van der Waals surface area contributed by atoms with Crippen molar-refractivity contribution < 1.29 is 19.1 Å². The number of hydrogen-bond donors (Lipinski definition) is 1. The highest BCUT2D eigenvalue weighted by atomic mass is 16.5. The number of nitrogens with zero attached hydrogens (tertiary/aromatic N) is 2.